The zero-order chi connectivity index (χ0) is 18.6. The minimum Gasteiger partial charge on any atom is -0.471 e. The van der Waals surface area contributed by atoms with Gasteiger partial charge in [-0.05, 0) is 27.5 Å². The second-order valence-corrected chi connectivity index (χ2v) is 13.9. The molecule has 0 fully saturated rings. The quantitative estimate of drug-likeness (QED) is 0.366. The molecule has 1 aromatic carbocycles. The van der Waals surface area contributed by atoms with E-state index in [4.69, 9.17) is 9.47 Å². The summed E-state index contributed by atoms with van der Waals surface area (Å²) in [5, 5.41) is 0. The molecule has 0 N–H and O–H groups in total. The van der Waals surface area contributed by atoms with Gasteiger partial charge in [0.2, 0.25) is 5.88 Å². The second kappa shape index (κ2) is 8.33. The largest absolute Gasteiger partial charge is 0.471 e. The van der Waals surface area contributed by atoms with Gasteiger partial charge in [0, 0.05) is 20.9 Å². The molecule has 0 aliphatic rings. The molecule has 26 heavy (non-hydrogen) atoms. The van der Waals surface area contributed by atoms with Crippen LogP contribution in [0.25, 0.3) is 11.0 Å². The number of aromatic nitrogens is 3. The highest BCUT2D eigenvalue weighted by Gasteiger charge is 2.16. The summed E-state index contributed by atoms with van der Waals surface area (Å²) in [6.07, 6.45) is 3.51. The van der Waals surface area contributed by atoms with Crippen molar-refractivity contribution in [3.63, 3.8) is 0 Å². The van der Waals surface area contributed by atoms with E-state index in [1.807, 2.05) is 41.1 Å². The molecule has 0 saturated heterocycles. The molecule has 2 aromatic heterocycles. The third-order valence-corrected chi connectivity index (χ3v) is 6.30. The summed E-state index contributed by atoms with van der Waals surface area (Å²) in [5.41, 5.74) is 2.78. The standard InChI is InChI=1S/C19H24BrN3O2Si/c1-26(2,3)10-9-24-14-23-11-16(20)17-18(23)19(22-13-21-17)25-12-15-7-5-4-6-8-15/h4-8,11,13H,9-10,12,14H2,1-3H3. The molecule has 3 aromatic rings. The van der Waals surface area contributed by atoms with Crippen LogP contribution in [0.4, 0.5) is 0 Å². The normalized spacial score (nSPS) is 11.8. The predicted octanol–water partition coefficient (Wildman–Crippen LogP) is 5.09. The van der Waals surface area contributed by atoms with E-state index in [1.54, 1.807) is 0 Å². The number of hydrogen-bond acceptors (Lipinski definition) is 4. The molecule has 0 unspecified atom stereocenters. The number of ether oxygens (including phenoxy) is 2. The number of halogens is 1. The lowest BCUT2D eigenvalue weighted by atomic mass is 10.2. The van der Waals surface area contributed by atoms with Crippen molar-refractivity contribution in [1.82, 2.24) is 14.5 Å². The fourth-order valence-corrected chi connectivity index (χ4v) is 3.83. The third kappa shape index (κ3) is 4.93. The minimum absolute atomic E-state index is 0.460. The van der Waals surface area contributed by atoms with Crippen LogP contribution < -0.4 is 4.74 Å². The summed E-state index contributed by atoms with van der Waals surface area (Å²) in [7, 11) is -1.10. The molecule has 0 bridgehead atoms. The maximum absolute atomic E-state index is 5.98. The monoisotopic (exact) mass is 433 g/mol. The Bertz CT molecular complexity index is 862. The molecule has 0 amide bonds. The van der Waals surface area contributed by atoms with E-state index < -0.39 is 8.07 Å². The summed E-state index contributed by atoms with van der Waals surface area (Å²) in [4.78, 5) is 8.72. The van der Waals surface area contributed by atoms with Gasteiger partial charge in [-0.1, -0.05) is 50.0 Å². The van der Waals surface area contributed by atoms with Crippen molar-refractivity contribution in [2.45, 2.75) is 39.0 Å². The molecule has 3 rings (SSSR count). The van der Waals surface area contributed by atoms with E-state index in [-0.39, 0.29) is 0 Å². The van der Waals surface area contributed by atoms with Gasteiger partial charge in [0.05, 0.1) is 4.47 Å². The summed E-state index contributed by atoms with van der Waals surface area (Å²) < 4.78 is 14.8. The van der Waals surface area contributed by atoms with E-state index in [0.29, 0.717) is 19.2 Å². The molecule has 7 heteroatoms. The van der Waals surface area contributed by atoms with Crippen LogP contribution in [0, 0.1) is 0 Å². The molecule has 0 spiro atoms. The van der Waals surface area contributed by atoms with Gasteiger partial charge >= 0.3 is 0 Å². The van der Waals surface area contributed by atoms with Crippen LogP contribution in [-0.4, -0.2) is 29.2 Å². The number of rotatable bonds is 8. The topological polar surface area (TPSA) is 49.2 Å². The minimum atomic E-state index is -1.10. The zero-order valence-corrected chi connectivity index (χ0v) is 18.0. The Morgan fingerprint density at radius 3 is 2.62 bits per heavy atom. The molecule has 2 heterocycles. The molecule has 0 aliphatic carbocycles. The van der Waals surface area contributed by atoms with Crippen molar-refractivity contribution in [3.05, 3.63) is 52.9 Å². The van der Waals surface area contributed by atoms with Crippen LogP contribution >= 0.6 is 15.9 Å². The van der Waals surface area contributed by atoms with E-state index in [9.17, 15) is 0 Å². The van der Waals surface area contributed by atoms with Gasteiger partial charge < -0.3 is 14.0 Å². The molecule has 0 radical (unpaired) electrons. The van der Waals surface area contributed by atoms with Crippen LogP contribution in [0.1, 0.15) is 5.56 Å². The van der Waals surface area contributed by atoms with Gasteiger partial charge in [-0.15, -0.1) is 0 Å². The lowest BCUT2D eigenvalue weighted by molar-refractivity contribution is 0.0897. The Kier molecular flexibility index (Phi) is 6.11. The fraction of sp³-hybridized carbons (Fsp3) is 0.368. The fourth-order valence-electron chi connectivity index (χ4n) is 2.53. The average Bonchev–Trinajstić information content (AvgIpc) is 2.94. The average molecular weight is 434 g/mol. The van der Waals surface area contributed by atoms with Crippen LogP contribution in [0.2, 0.25) is 25.7 Å². The van der Waals surface area contributed by atoms with Crippen molar-refractivity contribution >= 4 is 35.0 Å². The zero-order valence-electron chi connectivity index (χ0n) is 15.4. The highest BCUT2D eigenvalue weighted by atomic mass is 79.9. The SMILES string of the molecule is C[Si](C)(C)CCOCn1cc(Br)c2ncnc(OCc3ccccc3)c21. The van der Waals surface area contributed by atoms with E-state index in [1.165, 1.54) is 6.33 Å². The second-order valence-electron chi connectivity index (χ2n) is 7.45. The van der Waals surface area contributed by atoms with Gasteiger partial charge in [-0.3, -0.25) is 0 Å². The lowest BCUT2D eigenvalue weighted by Gasteiger charge is -2.16. The Balaban J connectivity index is 1.76. The van der Waals surface area contributed by atoms with Crippen molar-refractivity contribution in [2.24, 2.45) is 0 Å². The van der Waals surface area contributed by atoms with Gasteiger partial charge in [0.25, 0.3) is 0 Å². The molecule has 138 valence electrons. The number of fused-ring (bicyclic) bond motifs is 1. The Morgan fingerprint density at radius 1 is 1.12 bits per heavy atom. The molecular weight excluding hydrogens is 410 g/mol. The van der Waals surface area contributed by atoms with Crippen molar-refractivity contribution in [1.29, 1.82) is 0 Å². The van der Waals surface area contributed by atoms with Crippen molar-refractivity contribution in [2.75, 3.05) is 6.61 Å². The van der Waals surface area contributed by atoms with E-state index in [0.717, 1.165) is 33.7 Å². The Hall–Kier alpha value is -1.70. The number of hydrogen-bond donors (Lipinski definition) is 0. The van der Waals surface area contributed by atoms with Crippen LogP contribution in [0.15, 0.2) is 47.3 Å². The maximum Gasteiger partial charge on any atom is 0.242 e. The third-order valence-electron chi connectivity index (χ3n) is 4.02. The Morgan fingerprint density at radius 2 is 1.88 bits per heavy atom. The highest BCUT2D eigenvalue weighted by molar-refractivity contribution is 9.10. The summed E-state index contributed by atoms with van der Waals surface area (Å²) >= 11 is 3.57. The smallest absolute Gasteiger partial charge is 0.242 e. The summed E-state index contributed by atoms with van der Waals surface area (Å²) in [5.74, 6) is 0.568. The number of benzene rings is 1. The van der Waals surface area contributed by atoms with Crippen LogP contribution in [0.3, 0.4) is 0 Å². The first-order valence-electron chi connectivity index (χ1n) is 8.68. The lowest BCUT2D eigenvalue weighted by Crippen LogP contribution is -2.22. The maximum atomic E-state index is 5.98. The van der Waals surface area contributed by atoms with E-state index >= 15 is 0 Å². The number of nitrogens with zero attached hydrogens (tertiary/aromatic N) is 3. The molecule has 5 nitrogen and oxygen atoms in total. The predicted molar refractivity (Wildman–Crippen MR) is 110 cm³/mol. The highest BCUT2D eigenvalue weighted by Crippen LogP contribution is 2.30. The first kappa shape index (κ1) is 19.1. The molecule has 0 aliphatic heterocycles. The summed E-state index contributed by atoms with van der Waals surface area (Å²) in [6.45, 7) is 8.74. The van der Waals surface area contributed by atoms with E-state index in [2.05, 4.69) is 45.5 Å². The van der Waals surface area contributed by atoms with Crippen LogP contribution in [-0.2, 0) is 18.1 Å². The van der Waals surface area contributed by atoms with Gasteiger partial charge in [-0.25, -0.2) is 4.98 Å². The summed E-state index contributed by atoms with van der Waals surface area (Å²) in [6, 6.07) is 11.2. The first-order chi connectivity index (χ1) is 12.4. The first-order valence-corrected chi connectivity index (χ1v) is 13.2. The molecular formula is C19H24BrN3O2Si. The van der Waals surface area contributed by atoms with Crippen LogP contribution in [0.5, 0.6) is 5.88 Å². The molecule has 0 atom stereocenters. The van der Waals surface area contributed by atoms with Gasteiger partial charge in [-0.2, -0.15) is 4.98 Å². The molecule has 0 saturated carbocycles. The van der Waals surface area contributed by atoms with Gasteiger partial charge in [0.15, 0.2) is 0 Å². The van der Waals surface area contributed by atoms with Gasteiger partial charge in [0.1, 0.15) is 30.7 Å². The van der Waals surface area contributed by atoms with Crippen molar-refractivity contribution in [3.8, 4) is 5.88 Å². The Labute approximate surface area is 163 Å². The van der Waals surface area contributed by atoms with Crippen molar-refractivity contribution < 1.29 is 9.47 Å².